The van der Waals surface area contributed by atoms with Crippen LogP contribution in [0, 0.1) is 5.92 Å². The molecule has 3 heterocycles. The van der Waals surface area contributed by atoms with E-state index in [9.17, 15) is 9.59 Å². The van der Waals surface area contributed by atoms with Gasteiger partial charge in [0.25, 0.3) is 0 Å². The van der Waals surface area contributed by atoms with Gasteiger partial charge in [-0.1, -0.05) is 0 Å². The van der Waals surface area contributed by atoms with E-state index in [1.807, 2.05) is 0 Å². The van der Waals surface area contributed by atoms with Crippen LogP contribution in [-0.2, 0) is 4.79 Å². The Balaban J connectivity index is 1.60. The van der Waals surface area contributed by atoms with Crippen molar-refractivity contribution in [1.29, 1.82) is 0 Å². The number of aromatic amines is 2. The van der Waals surface area contributed by atoms with E-state index in [-0.39, 0.29) is 17.5 Å². The molecule has 2 fully saturated rings. The van der Waals surface area contributed by atoms with E-state index in [4.69, 9.17) is 0 Å². The molecule has 6 nitrogen and oxygen atoms in total. The van der Waals surface area contributed by atoms with Crippen LogP contribution in [0.2, 0.25) is 0 Å². The zero-order valence-electron chi connectivity index (χ0n) is 11.2. The second-order valence-corrected chi connectivity index (χ2v) is 6.69. The van der Waals surface area contributed by atoms with Gasteiger partial charge in [0.2, 0.25) is 5.91 Å². The quantitative estimate of drug-likeness (QED) is 0.664. The summed E-state index contributed by atoms with van der Waals surface area (Å²) in [5.74, 6) is 0.0873. The number of imidazole rings is 1. The maximum atomic E-state index is 12.4. The third-order valence-electron chi connectivity index (χ3n) is 4.50. The van der Waals surface area contributed by atoms with Gasteiger partial charge in [-0.15, -0.1) is 0 Å². The molecule has 4 N–H and O–H groups in total. The van der Waals surface area contributed by atoms with Crippen LogP contribution in [0.1, 0.15) is 19.3 Å². The predicted octanol–water partition coefficient (Wildman–Crippen LogP) is 1.70. The van der Waals surface area contributed by atoms with Crippen molar-refractivity contribution in [3.63, 3.8) is 0 Å². The Hall–Kier alpha value is -1.60. The number of nitrogens with one attached hydrogen (secondary N) is 4. The minimum atomic E-state index is -0.252. The molecule has 1 amide bonds. The summed E-state index contributed by atoms with van der Waals surface area (Å²) in [6, 6.07) is 4.37. The number of aromatic nitrogens is 2. The molecule has 0 radical (unpaired) electrons. The smallest absolute Gasteiger partial charge is 0.323 e. The van der Waals surface area contributed by atoms with Crippen LogP contribution in [0.25, 0.3) is 11.0 Å². The van der Waals surface area contributed by atoms with E-state index in [0.717, 1.165) is 17.3 Å². The van der Waals surface area contributed by atoms with E-state index >= 15 is 0 Å². The van der Waals surface area contributed by atoms with E-state index in [2.05, 4.69) is 36.5 Å². The first-order valence-electron chi connectivity index (χ1n) is 7.08. The van der Waals surface area contributed by atoms with Crippen LogP contribution in [0.5, 0.6) is 0 Å². The molecule has 0 saturated carbocycles. The molecule has 110 valence electrons. The van der Waals surface area contributed by atoms with Crippen LogP contribution >= 0.6 is 15.9 Å². The summed E-state index contributed by atoms with van der Waals surface area (Å²) in [5.41, 5.74) is 1.83. The topological polar surface area (TPSA) is 89.8 Å². The molecule has 2 aliphatic heterocycles. The lowest BCUT2D eigenvalue weighted by Gasteiger charge is -2.19. The van der Waals surface area contributed by atoms with Crippen LogP contribution in [0.3, 0.4) is 0 Å². The number of rotatable bonds is 2. The second-order valence-electron chi connectivity index (χ2n) is 5.84. The molecule has 1 aromatic heterocycles. The fourth-order valence-corrected chi connectivity index (χ4v) is 3.93. The summed E-state index contributed by atoms with van der Waals surface area (Å²) in [6.07, 6.45) is 3.17. The molecule has 3 unspecified atom stereocenters. The average Bonchev–Trinajstić information content (AvgIpc) is 3.13. The molecule has 7 heteroatoms. The monoisotopic (exact) mass is 350 g/mol. The minimum absolute atomic E-state index is 0.0385. The van der Waals surface area contributed by atoms with Crippen LogP contribution in [0.4, 0.5) is 5.69 Å². The third kappa shape index (κ3) is 2.20. The summed E-state index contributed by atoms with van der Waals surface area (Å²) >= 11 is 3.44. The fraction of sp³-hybridized carbons (Fsp3) is 0.429. The summed E-state index contributed by atoms with van der Waals surface area (Å²) in [6.45, 7) is 0. The molecule has 2 bridgehead atoms. The first-order valence-corrected chi connectivity index (χ1v) is 7.88. The Bertz CT molecular complexity index is 781. The molecule has 0 spiro atoms. The molecule has 3 atom stereocenters. The Kier molecular flexibility index (Phi) is 2.93. The van der Waals surface area contributed by atoms with E-state index in [1.54, 1.807) is 12.1 Å². The Morgan fingerprint density at radius 3 is 2.67 bits per heavy atom. The van der Waals surface area contributed by atoms with Crippen molar-refractivity contribution in [2.75, 3.05) is 5.32 Å². The number of amides is 1. The van der Waals surface area contributed by atoms with Crippen molar-refractivity contribution in [3.05, 3.63) is 27.1 Å². The summed E-state index contributed by atoms with van der Waals surface area (Å²) in [7, 11) is 0. The van der Waals surface area contributed by atoms with Crippen LogP contribution in [-0.4, -0.2) is 28.0 Å². The molecule has 4 rings (SSSR count). The molecule has 1 aromatic carbocycles. The largest absolute Gasteiger partial charge is 0.325 e. The average molecular weight is 351 g/mol. The summed E-state index contributed by atoms with van der Waals surface area (Å²) in [4.78, 5) is 29.1. The number of benzene rings is 1. The standard InChI is InChI=1S/C14H15BrN4O2/c15-8-4-11-12(19-14(21)18-11)5-10(8)17-13(20)7-3-6-1-2-9(7)16-6/h4-7,9,16H,1-3H2,(H,17,20)(H2,18,19,21). The molecule has 2 aliphatic rings. The lowest BCUT2D eigenvalue weighted by Crippen LogP contribution is -2.32. The van der Waals surface area contributed by atoms with Gasteiger partial charge in [0, 0.05) is 16.6 Å². The lowest BCUT2D eigenvalue weighted by molar-refractivity contribution is -0.120. The maximum Gasteiger partial charge on any atom is 0.323 e. The van der Waals surface area contributed by atoms with Crippen molar-refractivity contribution in [3.8, 4) is 0 Å². The fourth-order valence-electron chi connectivity index (χ4n) is 3.49. The van der Waals surface area contributed by atoms with Gasteiger partial charge in [0.1, 0.15) is 0 Å². The van der Waals surface area contributed by atoms with Crippen molar-refractivity contribution < 1.29 is 4.79 Å². The number of carbonyl (C=O) groups is 1. The van der Waals surface area contributed by atoms with Gasteiger partial charge >= 0.3 is 5.69 Å². The SMILES string of the molecule is O=C(Nc1cc2[nH]c(=O)[nH]c2cc1Br)C1CC2CCC1N2. The van der Waals surface area contributed by atoms with Crippen molar-refractivity contribution in [1.82, 2.24) is 15.3 Å². The Labute approximate surface area is 128 Å². The molecule has 21 heavy (non-hydrogen) atoms. The normalized spacial score (nSPS) is 27.4. The zero-order valence-corrected chi connectivity index (χ0v) is 12.8. The van der Waals surface area contributed by atoms with Gasteiger partial charge in [-0.05, 0) is 47.3 Å². The summed E-state index contributed by atoms with van der Waals surface area (Å²) in [5, 5.41) is 6.44. The molecule has 2 aromatic rings. The van der Waals surface area contributed by atoms with Gasteiger partial charge in [-0.25, -0.2) is 4.79 Å². The molecule has 2 saturated heterocycles. The summed E-state index contributed by atoms with van der Waals surface area (Å²) < 4.78 is 0.759. The number of H-pyrrole nitrogens is 2. The highest BCUT2D eigenvalue weighted by molar-refractivity contribution is 9.10. The van der Waals surface area contributed by atoms with E-state index < -0.39 is 0 Å². The van der Waals surface area contributed by atoms with Gasteiger partial charge in [-0.3, -0.25) is 4.79 Å². The minimum Gasteiger partial charge on any atom is -0.325 e. The van der Waals surface area contributed by atoms with Gasteiger partial charge in [-0.2, -0.15) is 0 Å². The van der Waals surface area contributed by atoms with Crippen LogP contribution < -0.4 is 16.3 Å². The highest BCUT2D eigenvalue weighted by Gasteiger charge is 2.42. The Morgan fingerprint density at radius 2 is 2.00 bits per heavy atom. The van der Waals surface area contributed by atoms with Crippen molar-refractivity contribution in [2.45, 2.75) is 31.3 Å². The number of hydrogen-bond donors (Lipinski definition) is 4. The molecular weight excluding hydrogens is 336 g/mol. The van der Waals surface area contributed by atoms with E-state index in [1.165, 1.54) is 6.42 Å². The maximum absolute atomic E-state index is 12.4. The third-order valence-corrected chi connectivity index (χ3v) is 5.15. The Morgan fingerprint density at radius 1 is 1.24 bits per heavy atom. The highest BCUT2D eigenvalue weighted by Crippen LogP contribution is 2.35. The first-order chi connectivity index (χ1) is 10.1. The number of anilines is 1. The molecular formula is C14H15BrN4O2. The van der Waals surface area contributed by atoms with Crippen molar-refractivity contribution >= 4 is 38.6 Å². The lowest BCUT2D eigenvalue weighted by atomic mass is 9.88. The number of halogens is 1. The number of fused-ring (bicyclic) bond motifs is 3. The molecule has 0 aliphatic carbocycles. The first kappa shape index (κ1) is 13.1. The van der Waals surface area contributed by atoms with Crippen LogP contribution in [0.15, 0.2) is 21.4 Å². The van der Waals surface area contributed by atoms with Gasteiger partial charge in [0.05, 0.1) is 22.6 Å². The zero-order chi connectivity index (χ0) is 14.6. The second kappa shape index (κ2) is 4.71. The van der Waals surface area contributed by atoms with Gasteiger partial charge < -0.3 is 20.6 Å². The van der Waals surface area contributed by atoms with Crippen molar-refractivity contribution in [2.24, 2.45) is 5.92 Å². The van der Waals surface area contributed by atoms with E-state index in [0.29, 0.717) is 28.8 Å². The number of hydrogen-bond acceptors (Lipinski definition) is 3. The highest BCUT2D eigenvalue weighted by atomic mass is 79.9. The number of carbonyl (C=O) groups excluding carboxylic acids is 1. The van der Waals surface area contributed by atoms with Gasteiger partial charge in [0.15, 0.2) is 0 Å². The predicted molar refractivity (Wildman–Crippen MR) is 83.3 cm³/mol.